The van der Waals surface area contributed by atoms with Gasteiger partial charge in [0.1, 0.15) is 17.3 Å². The Morgan fingerprint density at radius 1 is 0.800 bits per heavy atom. The molecule has 0 saturated heterocycles. The van der Waals surface area contributed by atoms with Crippen LogP contribution in [0.5, 0.6) is 11.5 Å². The van der Waals surface area contributed by atoms with Gasteiger partial charge < -0.3 is 9.47 Å². The van der Waals surface area contributed by atoms with Crippen LogP contribution in [0, 0.1) is 0 Å². The Labute approximate surface area is 180 Å². The smallest absolute Gasteiger partial charge is 0.195 e. The quantitative estimate of drug-likeness (QED) is 0.282. The van der Waals surface area contributed by atoms with Crippen LogP contribution in [0.3, 0.4) is 0 Å². The molecule has 0 aliphatic rings. The molecule has 4 rings (SSSR count). The summed E-state index contributed by atoms with van der Waals surface area (Å²) in [7, 11) is 1.65. The van der Waals surface area contributed by atoms with E-state index in [4.69, 9.17) is 9.47 Å². The molecule has 0 atom stereocenters. The molecule has 1 aromatic heterocycles. The second kappa shape index (κ2) is 9.98. The maximum Gasteiger partial charge on any atom is 0.195 e. The molecule has 0 saturated carbocycles. The molecular formula is C24H23N3O2S. The summed E-state index contributed by atoms with van der Waals surface area (Å²) >= 11 is 1.64. The molecule has 0 N–H and O–H groups in total. The number of rotatable bonds is 9. The molecule has 3 aromatic carbocycles. The summed E-state index contributed by atoms with van der Waals surface area (Å²) in [5, 5.41) is 9.81. The van der Waals surface area contributed by atoms with Crippen LogP contribution in [0.2, 0.25) is 0 Å². The van der Waals surface area contributed by atoms with E-state index in [0.717, 1.165) is 40.3 Å². The van der Waals surface area contributed by atoms with Crippen LogP contribution in [0.15, 0.2) is 90.1 Å². The number of nitrogens with zero attached hydrogens (tertiary/aromatic N) is 3. The van der Waals surface area contributed by atoms with Crippen molar-refractivity contribution < 1.29 is 9.47 Å². The van der Waals surface area contributed by atoms with Crippen molar-refractivity contribution in [3.63, 3.8) is 0 Å². The Kier molecular flexibility index (Phi) is 6.67. The van der Waals surface area contributed by atoms with Gasteiger partial charge in [-0.15, -0.1) is 10.2 Å². The van der Waals surface area contributed by atoms with E-state index in [1.54, 1.807) is 18.9 Å². The van der Waals surface area contributed by atoms with Gasteiger partial charge in [0.05, 0.1) is 13.7 Å². The molecule has 5 nitrogen and oxygen atoms in total. The van der Waals surface area contributed by atoms with Crippen molar-refractivity contribution in [1.82, 2.24) is 14.8 Å². The summed E-state index contributed by atoms with van der Waals surface area (Å²) in [4.78, 5) is 0. The zero-order chi connectivity index (χ0) is 20.6. The lowest BCUT2D eigenvalue weighted by atomic mass is 10.1. The van der Waals surface area contributed by atoms with Crippen LogP contribution >= 0.6 is 11.8 Å². The highest BCUT2D eigenvalue weighted by atomic mass is 32.2. The van der Waals surface area contributed by atoms with E-state index >= 15 is 0 Å². The fourth-order valence-electron chi connectivity index (χ4n) is 3.09. The number of methoxy groups -OCH3 is 1. The Balaban J connectivity index is 1.45. The first-order valence-corrected chi connectivity index (χ1v) is 10.8. The van der Waals surface area contributed by atoms with Crippen LogP contribution in [0.25, 0.3) is 5.69 Å². The van der Waals surface area contributed by atoms with E-state index in [1.807, 2.05) is 60.7 Å². The SMILES string of the molecule is COc1ccc(OCCSc2nnc(Cc3ccccc3)n2-c2ccccc2)cc1. The highest BCUT2D eigenvalue weighted by Crippen LogP contribution is 2.24. The van der Waals surface area contributed by atoms with E-state index in [9.17, 15) is 0 Å². The minimum absolute atomic E-state index is 0.576. The topological polar surface area (TPSA) is 49.2 Å². The van der Waals surface area contributed by atoms with Gasteiger partial charge in [0.15, 0.2) is 5.16 Å². The van der Waals surface area contributed by atoms with Crippen molar-refractivity contribution in [3.05, 3.63) is 96.3 Å². The van der Waals surface area contributed by atoms with Crippen LogP contribution in [0.4, 0.5) is 0 Å². The zero-order valence-electron chi connectivity index (χ0n) is 16.8. The Morgan fingerprint density at radius 3 is 2.17 bits per heavy atom. The second-order valence-electron chi connectivity index (χ2n) is 6.60. The summed E-state index contributed by atoms with van der Waals surface area (Å²) < 4.78 is 13.1. The molecule has 0 unspecified atom stereocenters. The third-order valence-electron chi connectivity index (χ3n) is 4.56. The molecule has 0 spiro atoms. The maximum absolute atomic E-state index is 5.84. The molecule has 0 radical (unpaired) electrons. The maximum atomic E-state index is 5.84. The highest BCUT2D eigenvalue weighted by molar-refractivity contribution is 7.99. The highest BCUT2D eigenvalue weighted by Gasteiger charge is 2.14. The average molecular weight is 418 g/mol. The van der Waals surface area contributed by atoms with Crippen LogP contribution in [0.1, 0.15) is 11.4 Å². The first kappa shape index (κ1) is 20.0. The molecular weight excluding hydrogens is 394 g/mol. The van der Waals surface area contributed by atoms with E-state index in [-0.39, 0.29) is 0 Å². The van der Waals surface area contributed by atoms with Gasteiger partial charge in [-0.1, -0.05) is 60.3 Å². The number of para-hydroxylation sites is 1. The Morgan fingerprint density at radius 2 is 1.47 bits per heavy atom. The van der Waals surface area contributed by atoms with Crippen LogP contribution in [-0.2, 0) is 6.42 Å². The van der Waals surface area contributed by atoms with Gasteiger partial charge in [-0.3, -0.25) is 4.57 Å². The van der Waals surface area contributed by atoms with Crippen molar-refractivity contribution >= 4 is 11.8 Å². The van der Waals surface area contributed by atoms with Gasteiger partial charge >= 0.3 is 0 Å². The van der Waals surface area contributed by atoms with Crippen molar-refractivity contribution in [2.75, 3.05) is 19.5 Å². The van der Waals surface area contributed by atoms with Gasteiger partial charge in [-0.25, -0.2) is 0 Å². The van der Waals surface area contributed by atoms with Crippen molar-refractivity contribution in [1.29, 1.82) is 0 Å². The number of hydrogen-bond acceptors (Lipinski definition) is 5. The fourth-order valence-corrected chi connectivity index (χ4v) is 3.88. The lowest BCUT2D eigenvalue weighted by molar-refractivity contribution is 0.342. The normalized spacial score (nSPS) is 10.7. The molecule has 0 bridgehead atoms. The summed E-state index contributed by atoms with van der Waals surface area (Å²) in [5.74, 6) is 3.33. The van der Waals surface area contributed by atoms with E-state index in [0.29, 0.717) is 6.61 Å². The van der Waals surface area contributed by atoms with Gasteiger partial charge in [0.2, 0.25) is 0 Å². The first-order valence-electron chi connectivity index (χ1n) is 9.77. The van der Waals surface area contributed by atoms with Crippen molar-refractivity contribution in [3.8, 4) is 17.2 Å². The number of hydrogen-bond donors (Lipinski definition) is 0. The molecule has 1 heterocycles. The standard InChI is InChI=1S/C24H23N3O2S/c1-28-21-12-14-22(15-13-21)29-16-17-30-24-26-25-23(18-19-8-4-2-5-9-19)27(24)20-10-6-3-7-11-20/h2-15H,16-18H2,1H3. The molecule has 0 amide bonds. The predicted octanol–water partition coefficient (Wildman–Crippen LogP) is 5.04. The fraction of sp³-hybridized carbons (Fsp3) is 0.167. The number of benzene rings is 3. The summed E-state index contributed by atoms with van der Waals surface area (Å²) in [6, 6.07) is 28.2. The number of ether oxygens (including phenoxy) is 2. The number of aromatic nitrogens is 3. The third kappa shape index (κ3) is 5.02. The van der Waals surface area contributed by atoms with Crippen LogP contribution in [-0.4, -0.2) is 34.2 Å². The molecule has 6 heteroatoms. The van der Waals surface area contributed by atoms with Gasteiger partial charge in [0.25, 0.3) is 0 Å². The van der Waals surface area contributed by atoms with E-state index < -0.39 is 0 Å². The second-order valence-corrected chi connectivity index (χ2v) is 7.67. The third-order valence-corrected chi connectivity index (χ3v) is 5.46. The largest absolute Gasteiger partial charge is 0.497 e. The molecule has 0 aliphatic carbocycles. The van der Waals surface area contributed by atoms with Gasteiger partial charge in [0, 0.05) is 17.9 Å². The molecule has 152 valence electrons. The molecule has 0 fully saturated rings. The monoisotopic (exact) mass is 417 g/mol. The van der Waals surface area contributed by atoms with Gasteiger partial charge in [-0.2, -0.15) is 0 Å². The van der Waals surface area contributed by atoms with E-state index in [2.05, 4.69) is 39.0 Å². The Hall–Kier alpha value is -3.25. The lowest BCUT2D eigenvalue weighted by Gasteiger charge is -2.11. The lowest BCUT2D eigenvalue weighted by Crippen LogP contribution is -2.05. The van der Waals surface area contributed by atoms with Crippen molar-refractivity contribution in [2.45, 2.75) is 11.6 Å². The summed E-state index contributed by atoms with van der Waals surface area (Å²) in [6.07, 6.45) is 0.728. The molecule has 30 heavy (non-hydrogen) atoms. The average Bonchev–Trinajstić information content (AvgIpc) is 3.20. The minimum Gasteiger partial charge on any atom is -0.497 e. The number of thioether (sulfide) groups is 1. The predicted molar refractivity (Wildman–Crippen MR) is 120 cm³/mol. The van der Waals surface area contributed by atoms with E-state index in [1.165, 1.54) is 5.56 Å². The molecule has 4 aromatic rings. The first-order chi connectivity index (χ1) is 14.8. The Bertz CT molecular complexity index is 1050. The summed E-state index contributed by atoms with van der Waals surface area (Å²) in [6.45, 7) is 0.576. The molecule has 0 aliphatic heterocycles. The zero-order valence-corrected chi connectivity index (χ0v) is 17.6. The minimum atomic E-state index is 0.576. The van der Waals surface area contributed by atoms with Gasteiger partial charge in [-0.05, 0) is 42.0 Å². The summed E-state index contributed by atoms with van der Waals surface area (Å²) in [5.41, 5.74) is 2.27. The van der Waals surface area contributed by atoms with Crippen LogP contribution < -0.4 is 9.47 Å². The van der Waals surface area contributed by atoms with Crippen molar-refractivity contribution in [2.24, 2.45) is 0 Å².